The maximum atomic E-state index is 5.92. The highest BCUT2D eigenvalue weighted by Gasteiger charge is 2.66. The Balaban J connectivity index is 1.37. The number of hydrogen-bond acceptors (Lipinski definition) is 3. The van der Waals surface area contributed by atoms with Gasteiger partial charge in [-0.2, -0.15) is 0 Å². The second kappa shape index (κ2) is 4.33. The van der Waals surface area contributed by atoms with Crippen LogP contribution < -0.4 is 5.32 Å². The van der Waals surface area contributed by atoms with Crippen LogP contribution in [0.4, 0.5) is 0 Å². The van der Waals surface area contributed by atoms with Crippen molar-refractivity contribution in [3.05, 3.63) is 30.2 Å². The predicted molar refractivity (Wildman–Crippen MR) is 81.9 cm³/mol. The molecule has 1 aromatic heterocycles. The number of aromatic nitrogens is 1. The number of oxazole rings is 1. The van der Waals surface area contributed by atoms with Gasteiger partial charge in [0.1, 0.15) is 5.52 Å². The van der Waals surface area contributed by atoms with Crippen LogP contribution in [0.2, 0.25) is 0 Å². The molecule has 0 aliphatic heterocycles. The molecule has 0 spiro atoms. The molecule has 2 aromatic rings. The minimum atomic E-state index is 0.538. The second-order valence-electron chi connectivity index (χ2n) is 7.24. The summed E-state index contributed by atoms with van der Waals surface area (Å²) in [6, 6.07) is 8.61. The van der Waals surface area contributed by atoms with Crippen molar-refractivity contribution in [3.8, 4) is 0 Å². The van der Waals surface area contributed by atoms with Crippen LogP contribution in [-0.2, 0) is 6.42 Å². The minimum absolute atomic E-state index is 0.538. The van der Waals surface area contributed by atoms with Crippen LogP contribution >= 0.6 is 0 Å². The van der Waals surface area contributed by atoms with Gasteiger partial charge in [-0.15, -0.1) is 0 Å². The van der Waals surface area contributed by atoms with E-state index in [1.807, 2.05) is 24.3 Å². The van der Waals surface area contributed by atoms with Crippen molar-refractivity contribution in [2.75, 3.05) is 7.05 Å². The topological polar surface area (TPSA) is 38.1 Å². The Labute approximate surface area is 125 Å². The highest BCUT2D eigenvalue weighted by Crippen LogP contribution is 2.70. The van der Waals surface area contributed by atoms with Gasteiger partial charge in [0.25, 0.3) is 0 Å². The summed E-state index contributed by atoms with van der Waals surface area (Å²) in [7, 11) is 2.10. The van der Waals surface area contributed by atoms with Gasteiger partial charge in [-0.05, 0) is 68.0 Å². The molecule has 3 aliphatic carbocycles. The smallest absolute Gasteiger partial charge is 0.197 e. The van der Waals surface area contributed by atoms with Gasteiger partial charge in [0.05, 0.1) is 0 Å². The van der Waals surface area contributed by atoms with Crippen molar-refractivity contribution in [1.82, 2.24) is 10.3 Å². The van der Waals surface area contributed by atoms with E-state index in [1.54, 1.807) is 0 Å². The lowest BCUT2D eigenvalue weighted by Crippen LogP contribution is -2.32. The van der Waals surface area contributed by atoms with Crippen molar-refractivity contribution in [2.24, 2.45) is 29.6 Å². The third-order valence-corrected chi connectivity index (χ3v) is 6.36. The predicted octanol–water partition coefficient (Wildman–Crippen LogP) is 3.25. The first-order chi connectivity index (χ1) is 10.3. The van der Waals surface area contributed by atoms with E-state index in [0.29, 0.717) is 6.04 Å². The number of benzene rings is 1. The van der Waals surface area contributed by atoms with E-state index in [-0.39, 0.29) is 0 Å². The molecule has 3 saturated carbocycles. The molecule has 2 bridgehead atoms. The Morgan fingerprint density at radius 3 is 2.71 bits per heavy atom. The lowest BCUT2D eigenvalue weighted by Gasteiger charge is -2.18. The largest absolute Gasteiger partial charge is 0.441 e. The molecule has 3 nitrogen and oxygen atoms in total. The maximum absolute atomic E-state index is 5.92. The summed E-state index contributed by atoms with van der Waals surface area (Å²) in [5, 5.41) is 3.55. The van der Waals surface area contributed by atoms with Crippen LogP contribution in [0.1, 0.15) is 25.2 Å². The first-order valence-corrected chi connectivity index (χ1v) is 8.37. The first kappa shape index (κ1) is 12.2. The Kier molecular flexibility index (Phi) is 2.52. The van der Waals surface area contributed by atoms with E-state index in [1.165, 1.54) is 19.3 Å². The van der Waals surface area contributed by atoms with E-state index in [9.17, 15) is 0 Å². The van der Waals surface area contributed by atoms with Gasteiger partial charge in [-0.3, -0.25) is 0 Å². The molecule has 0 amide bonds. The number of likely N-dealkylation sites (N-methyl/N-ethyl adjacent to an activating group) is 1. The quantitative estimate of drug-likeness (QED) is 0.935. The van der Waals surface area contributed by atoms with Crippen molar-refractivity contribution in [1.29, 1.82) is 0 Å². The molecule has 3 aliphatic rings. The zero-order valence-corrected chi connectivity index (χ0v) is 12.5. The molecule has 3 fully saturated rings. The zero-order valence-electron chi connectivity index (χ0n) is 12.5. The zero-order chi connectivity index (χ0) is 14.0. The summed E-state index contributed by atoms with van der Waals surface area (Å²) in [6.07, 6.45) is 5.43. The number of rotatable bonds is 4. The first-order valence-electron chi connectivity index (χ1n) is 8.37. The lowest BCUT2D eigenvalue weighted by atomic mass is 9.96. The Bertz CT molecular complexity index is 630. The van der Waals surface area contributed by atoms with Gasteiger partial charge in [-0.25, -0.2) is 4.98 Å². The molecule has 1 N–H and O–H groups in total. The molecule has 0 radical (unpaired) electrons. The molecular formula is C18H22N2O. The van der Waals surface area contributed by atoms with Crippen LogP contribution in [0.15, 0.2) is 28.7 Å². The molecule has 1 heterocycles. The average Bonchev–Trinajstić information content (AvgIpc) is 2.86. The SMILES string of the molecule is CNC(Cc1nc2ccccc2o1)C1C2C3CCC(C3)C21. The molecule has 5 atom stereocenters. The standard InChI is InChI=1S/C18H22N2O/c1-19-13(18-16-10-6-7-11(8-10)17(16)18)9-15-20-12-4-2-3-5-14(12)21-15/h2-5,10-11,13,16-19H,6-9H2,1H3. The highest BCUT2D eigenvalue weighted by molar-refractivity contribution is 5.72. The fourth-order valence-electron chi connectivity index (χ4n) is 5.56. The summed E-state index contributed by atoms with van der Waals surface area (Å²) < 4.78 is 5.92. The summed E-state index contributed by atoms with van der Waals surface area (Å²) in [6.45, 7) is 0. The molecule has 1 aromatic carbocycles. The minimum Gasteiger partial charge on any atom is -0.441 e. The number of fused-ring (bicyclic) bond motifs is 6. The average molecular weight is 282 g/mol. The van der Waals surface area contributed by atoms with Crippen molar-refractivity contribution in [3.63, 3.8) is 0 Å². The van der Waals surface area contributed by atoms with Crippen molar-refractivity contribution in [2.45, 2.75) is 31.7 Å². The normalized spacial score (nSPS) is 37.9. The fourth-order valence-corrected chi connectivity index (χ4v) is 5.56. The summed E-state index contributed by atoms with van der Waals surface area (Å²) in [4.78, 5) is 4.65. The highest BCUT2D eigenvalue weighted by atomic mass is 16.3. The van der Waals surface area contributed by atoms with Crippen LogP contribution in [0.25, 0.3) is 11.1 Å². The molecule has 5 unspecified atom stereocenters. The monoisotopic (exact) mass is 282 g/mol. The van der Waals surface area contributed by atoms with Crippen LogP contribution in [0.5, 0.6) is 0 Å². The third-order valence-electron chi connectivity index (χ3n) is 6.36. The van der Waals surface area contributed by atoms with Crippen molar-refractivity contribution < 1.29 is 4.42 Å². The van der Waals surface area contributed by atoms with E-state index >= 15 is 0 Å². The molecule has 3 heteroatoms. The van der Waals surface area contributed by atoms with Crippen molar-refractivity contribution >= 4 is 11.1 Å². The second-order valence-corrected chi connectivity index (χ2v) is 7.24. The molecule has 0 saturated heterocycles. The van der Waals surface area contributed by atoms with E-state index in [4.69, 9.17) is 4.42 Å². The lowest BCUT2D eigenvalue weighted by molar-refractivity contribution is 0.357. The van der Waals surface area contributed by atoms with Gasteiger partial charge in [0, 0.05) is 12.5 Å². The van der Waals surface area contributed by atoms with E-state index in [2.05, 4.69) is 17.3 Å². The Morgan fingerprint density at radius 1 is 1.24 bits per heavy atom. The Hall–Kier alpha value is -1.35. The summed E-state index contributed by atoms with van der Waals surface area (Å²) >= 11 is 0. The van der Waals surface area contributed by atoms with Gasteiger partial charge in [0.2, 0.25) is 0 Å². The van der Waals surface area contributed by atoms with Gasteiger partial charge < -0.3 is 9.73 Å². The van der Waals surface area contributed by atoms with Gasteiger partial charge in [-0.1, -0.05) is 12.1 Å². The molecule has 110 valence electrons. The third kappa shape index (κ3) is 1.73. The number of hydrogen-bond donors (Lipinski definition) is 1. The van der Waals surface area contributed by atoms with Crippen LogP contribution in [0.3, 0.4) is 0 Å². The van der Waals surface area contributed by atoms with Gasteiger partial charge >= 0.3 is 0 Å². The fraction of sp³-hybridized carbons (Fsp3) is 0.611. The Morgan fingerprint density at radius 2 is 2.00 bits per heavy atom. The molecular weight excluding hydrogens is 260 g/mol. The maximum Gasteiger partial charge on any atom is 0.197 e. The number of nitrogens with one attached hydrogen (secondary N) is 1. The molecule has 21 heavy (non-hydrogen) atoms. The summed E-state index contributed by atoms with van der Waals surface area (Å²) in [5.74, 6) is 5.84. The van der Waals surface area contributed by atoms with Crippen LogP contribution in [-0.4, -0.2) is 18.1 Å². The van der Waals surface area contributed by atoms with E-state index in [0.717, 1.165) is 53.0 Å². The number of nitrogens with zero attached hydrogens (tertiary/aromatic N) is 1. The van der Waals surface area contributed by atoms with E-state index < -0.39 is 0 Å². The molecule has 5 rings (SSSR count). The van der Waals surface area contributed by atoms with Gasteiger partial charge in [0.15, 0.2) is 11.5 Å². The summed E-state index contributed by atoms with van der Waals surface area (Å²) in [5.41, 5.74) is 1.90. The van der Waals surface area contributed by atoms with Crippen LogP contribution in [0, 0.1) is 29.6 Å². The number of para-hydroxylation sites is 2.